The summed E-state index contributed by atoms with van der Waals surface area (Å²) in [5.41, 5.74) is 1.73. The van der Waals surface area contributed by atoms with Gasteiger partial charge in [-0.1, -0.05) is 6.07 Å². The zero-order valence-electron chi connectivity index (χ0n) is 21.2. The quantitative estimate of drug-likeness (QED) is 0.528. The number of anilines is 1. The molecule has 2 aliphatic rings. The number of aromatic nitrogens is 2. The lowest BCUT2D eigenvalue weighted by Gasteiger charge is -2.47. The first kappa shape index (κ1) is 32.5. The van der Waals surface area contributed by atoms with E-state index in [1.54, 1.807) is 11.0 Å². The summed E-state index contributed by atoms with van der Waals surface area (Å²) in [5, 5.41) is 14.2. The van der Waals surface area contributed by atoms with Crippen molar-refractivity contribution >= 4 is 23.5 Å². The number of imidazole rings is 1. The van der Waals surface area contributed by atoms with Gasteiger partial charge in [-0.05, 0) is 31.7 Å². The van der Waals surface area contributed by atoms with E-state index in [-0.39, 0.29) is 17.3 Å². The van der Waals surface area contributed by atoms with Gasteiger partial charge in [-0.2, -0.15) is 26.3 Å². The highest BCUT2D eigenvalue weighted by molar-refractivity contribution is 5.96. The second-order valence-corrected chi connectivity index (χ2v) is 9.10. The molecule has 2 aliphatic heterocycles. The summed E-state index contributed by atoms with van der Waals surface area (Å²) in [6.45, 7) is 3.65. The van der Waals surface area contributed by atoms with E-state index >= 15 is 0 Å². The number of carbonyl (C=O) groups is 3. The van der Waals surface area contributed by atoms with Gasteiger partial charge in [0.2, 0.25) is 5.91 Å². The van der Waals surface area contributed by atoms with Crippen molar-refractivity contribution in [2.45, 2.75) is 30.9 Å². The van der Waals surface area contributed by atoms with Crippen molar-refractivity contribution in [2.24, 2.45) is 7.05 Å². The molecule has 222 valence electrons. The lowest BCUT2D eigenvalue weighted by molar-refractivity contribution is -0.193. The number of nitrogens with zero attached hydrogens (tertiary/aromatic N) is 5. The van der Waals surface area contributed by atoms with Crippen LogP contribution in [0.4, 0.5) is 36.4 Å². The number of halogens is 7. The molecular weight excluding hydrogens is 559 g/mol. The fourth-order valence-corrected chi connectivity index (χ4v) is 4.12. The first-order valence-corrected chi connectivity index (χ1v) is 11.4. The normalized spacial score (nSPS) is 20.0. The predicted molar refractivity (Wildman–Crippen MR) is 125 cm³/mol. The minimum absolute atomic E-state index is 0.0220. The Morgan fingerprint density at radius 3 is 2.08 bits per heavy atom. The fourth-order valence-electron chi connectivity index (χ4n) is 4.12. The van der Waals surface area contributed by atoms with Crippen molar-refractivity contribution in [3.63, 3.8) is 0 Å². The van der Waals surface area contributed by atoms with E-state index < -0.39 is 24.3 Å². The molecule has 2 N–H and O–H groups in total. The van der Waals surface area contributed by atoms with Gasteiger partial charge < -0.3 is 19.7 Å². The van der Waals surface area contributed by atoms with Crippen molar-refractivity contribution in [1.29, 1.82) is 0 Å². The van der Waals surface area contributed by atoms with E-state index in [4.69, 9.17) is 19.8 Å². The number of aryl methyl sites for hydroxylation is 1. The largest absolute Gasteiger partial charge is 0.490 e. The summed E-state index contributed by atoms with van der Waals surface area (Å²) in [7, 11) is 4.03. The Labute approximate surface area is 223 Å². The topological polar surface area (TPSA) is 119 Å². The van der Waals surface area contributed by atoms with E-state index in [1.165, 1.54) is 17.8 Å². The van der Waals surface area contributed by atoms with E-state index in [0.717, 1.165) is 26.1 Å². The highest BCUT2D eigenvalue weighted by Gasteiger charge is 2.47. The summed E-state index contributed by atoms with van der Waals surface area (Å²) in [6.07, 6.45) is -5.46. The third kappa shape index (κ3) is 8.64. The molecule has 1 amide bonds. The highest BCUT2D eigenvalue weighted by atomic mass is 19.4. The van der Waals surface area contributed by atoms with Gasteiger partial charge >= 0.3 is 24.3 Å². The molecule has 40 heavy (non-hydrogen) atoms. The summed E-state index contributed by atoms with van der Waals surface area (Å²) in [6, 6.07) is 6.32. The van der Waals surface area contributed by atoms with E-state index in [0.29, 0.717) is 18.8 Å². The number of rotatable bonds is 3. The number of piperazine rings is 1. The second-order valence-electron chi connectivity index (χ2n) is 9.10. The molecule has 1 unspecified atom stereocenters. The van der Waals surface area contributed by atoms with Crippen molar-refractivity contribution in [2.75, 3.05) is 38.1 Å². The molecule has 0 saturated carbocycles. The third-order valence-corrected chi connectivity index (χ3v) is 6.25. The minimum Gasteiger partial charge on any atom is -0.475 e. The monoisotopic (exact) mass is 585 g/mol. The zero-order chi connectivity index (χ0) is 30.5. The van der Waals surface area contributed by atoms with Crippen molar-refractivity contribution in [1.82, 2.24) is 19.4 Å². The van der Waals surface area contributed by atoms with Gasteiger partial charge in [0.1, 0.15) is 5.82 Å². The molecule has 1 aromatic heterocycles. The maximum Gasteiger partial charge on any atom is 0.490 e. The van der Waals surface area contributed by atoms with Gasteiger partial charge in [0.15, 0.2) is 0 Å². The van der Waals surface area contributed by atoms with Gasteiger partial charge in [0.05, 0.1) is 24.1 Å². The fraction of sp³-hybridized carbons (Fsp3) is 0.478. The Hall–Kier alpha value is -3.73. The van der Waals surface area contributed by atoms with Crippen LogP contribution < -0.4 is 4.90 Å². The van der Waals surface area contributed by atoms with Crippen LogP contribution in [0.25, 0.3) is 0 Å². The standard InChI is InChI=1S/C19H24FN5O.2C2HF3O2/c1-22-14-21-9-17(22)10-24-7-6-19(12-24)13-25(18(26)11-23(19)2)16-5-3-4-15(20)8-16;2*3-2(4,5)1(6)7/h3-5,8-9,14H,6-7,10-13H2,1-2H3;2*(H,6,7). The van der Waals surface area contributed by atoms with Gasteiger partial charge in [-0.15, -0.1) is 0 Å². The van der Waals surface area contributed by atoms with E-state index in [9.17, 15) is 35.5 Å². The number of benzene rings is 1. The lowest BCUT2D eigenvalue weighted by Crippen LogP contribution is -2.64. The molecule has 3 heterocycles. The number of amides is 1. The number of carboxylic acids is 2. The molecule has 1 atom stereocenters. The second kappa shape index (κ2) is 12.6. The highest BCUT2D eigenvalue weighted by Crippen LogP contribution is 2.34. The molecule has 4 rings (SSSR count). The van der Waals surface area contributed by atoms with Crippen LogP contribution in [0.1, 0.15) is 12.1 Å². The molecule has 2 saturated heterocycles. The predicted octanol–water partition coefficient (Wildman–Crippen LogP) is 2.75. The molecule has 2 aromatic rings. The summed E-state index contributed by atoms with van der Waals surface area (Å²) in [4.78, 5) is 40.9. The summed E-state index contributed by atoms with van der Waals surface area (Å²) < 4.78 is 79.2. The number of hydrogen-bond donors (Lipinski definition) is 2. The van der Waals surface area contributed by atoms with Crippen LogP contribution in [0.5, 0.6) is 0 Å². The van der Waals surface area contributed by atoms with Crippen LogP contribution in [0.2, 0.25) is 0 Å². The molecule has 0 aliphatic carbocycles. The summed E-state index contributed by atoms with van der Waals surface area (Å²) in [5.74, 6) is -5.80. The first-order valence-electron chi connectivity index (χ1n) is 11.4. The Balaban J connectivity index is 0.000000333. The van der Waals surface area contributed by atoms with Crippen LogP contribution in [0.3, 0.4) is 0 Å². The number of hydrogen-bond acceptors (Lipinski definition) is 6. The number of alkyl halides is 6. The average molecular weight is 585 g/mol. The maximum atomic E-state index is 13.6. The van der Waals surface area contributed by atoms with Crippen molar-refractivity contribution in [3.05, 3.63) is 48.3 Å². The number of carbonyl (C=O) groups excluding carboxylic acids is 1. The summed E-state index contributed by atoms with van der Waals surface area (Å²) >= 11 is 0. The third-order valence-electron chi connectivity index (χ3n) is 6.25. The van der Waals surface area contributed by atoms with Crippen molar-refractivity contribution in [3.8, 4) is 0 Å². The SMILES string of the molecule is CN1CC(=O)N(c2cccc(F)c2)CC12CCN(Cc1cncn1C)C2.O=C(O)C(F)(F)F.O=C(O)C(F)(F)F. The number of carboxylic acid groups (broad SMARTS) is 2. The minimum atomic E-state index is -5.08. The molecule has 1 aromatic carbocycles. The lowest BCUT2D eigenvalue weighted by atomic mass is 9.92. The Bertz CT molecular complexity index is 1180. The van der Waals surface area contributed by atoms with Gasteiger partial charge in [-0.25, -0.2) is 19.0 Å². The van der Waals surface area contributed by atoms with Gasteiger partial charge in [0, 0.05) is 45.1 Å². The number of likely N-dealkylation sites (tertiary alicyclic amines) is 1. The van der Waals surface area contributed by atoms with Gasteiger partial charge in [-0.3, -0.25) is 14.6 Å². The molecule has 10 nitrogen and oxygen atoms in total. The number of aliphatic carboxylic acids is 2. The Morgan fingerprint density at radius 1 is 1.02 bits per heavy atom. The zero-order valence-corrected chi connectivity index (χ0v) is 21.2. The molecule has 17 heteroatoms. The molecule has 1 spiro atoms. The maximum absolute atomic E-state index is 13.6. The Morgan fingerprint density at radius 2 is 1.60 bits per heavy atom. The van der Waals surface area contributed by atoms with Crippen LogP contribution in [-0.2, 0) is 28.0 Å². The smallest absolute Gasteiger partial charge is 0.475 e. The van der Waals surface area contributed by atoms with E-state index in [1.807, 2.05) is 37.3 Å². The molecule has 0 bridgehead atoms. The number of likely N-dealkylation sites (N-methyl/N-ethyl adjacent to an activating group) is 1. The van der Waals surface area contributed by atoms with E-state index in [2.05, 4.69) is 14.8 Å². The molecular formula is C23H26F7N5O5. The van der Waals surface area contributed by atoms with Crippen LogP contribution in [0.15, 0.2) is 36.8 Å². The molecule has 0 radical (unpaired) electrons. The van der Waals surface area contributed by atoms with Gasteiger partial charge in [0.25, 0.3) is 0 Å². The van der Waals surface area contributed by atoms with Crippen LogP contribution in [-0.4, -0.2) is 98.5 Å². The van der Waals surface area contributed by atoms with Crippen LogP contribution in [0, 0.1) is 5.82 Å². The Kier molecular flexibility index (Phi) is 10.3. The van der Waals surface area contributed by atoms with Crippen LogP contribution >= 0.6 is 0 Å². The molecule has 2 fully saturated rings. The average Bonchev–Trinajstić information content (AvgIpc) is 3.43. The van der Waals surface area contributed by atoms with Crippen molar-refractivity contribution < 1.29 is 55.3 Å². The first-order chi connectivity index (χ1) is 18.4.